The highest BCUT2D eigenvalue weighted by Gasteiger charge is 2.33. The molecular formula is C16H24ClNO3S. The molecule has 0 saturated heterocycles. The van der Waals surface area contributed by atoms with Crippen LogP contribution in [0.1, 0.15) is 46.0 Å². The van der Waals surface area contributed by atoms with Gasteiger partial charge < -0.3 is 4.74 Å². The van der Waals surface area contributed by atoms with Crippen LogP contribution in [0, 0.1) is 0 Å². The monoisotopic (exact) mass is 345 g/mol. The summed E-state index contributed by atoms with van der Waals surface area (Å²) >= 11 is 6.02. The molecule has 1 aliphatic carbocycles. The molecule has 1 aromatic rings. The predicted molar refractivity (Wildman–Crippen MR) is 89.1 cm³/mol. The number of nitrogens with zero attached hydrogens (tertiary/aromatic N) is 1. The van der Waals surface area contributed by atoms with Gasteiger partial charge >= 0.3 is 0 Å². The zero-order valence-electron chi connectivity index (χ0n) is 13.2. The molecule has 6 heteroatoms. The molecule has 1 saturated carbocycles. The summed E-state index contributed by atoms with van der Waals surface area (Å²) in [5, 5.41) is 0.404. The molecule has 0 bridgehead atoms. The summed E-state index contributed by atoms with van der Waals surface area (Å²) < 4.78 is 33.3. The first kappa shape index (κ1) is 17.6. The Kier molecular flexibility index (Phi) is 6.12. The molecule has 0 amide bonds. The fourth-order valence-corrected chi connectivity index (χ4v) is 5.17. The highest BCUT2D eigenvalue weighted by Crippen LogP contribution is 2.33. The number of halogens is 1. The summed E-state index contributed by atoms with van der Waals surface area (Å²) in [5.74, 6) is 0.376. The Morgan fingerprint density at radius 1 is 1.23 bits per heavy atom. The summed E-state index contributed by atoms with van der Waals surface area (Å²) in [5.41, 5.74) is 0. The molecule has 0 N–H and O–H groups in total. The van der Waals surface area contributed by atoms with Gasteiger partial charge in [0.15, 0.2) is 0 Å². The van der Waals surface area contributed by atoms with Gasteiger partial charge in [-0.1, -0.05) is 37.8 Å². The SMILES string of the molecule is CCOc1ccc(Cl)cc1S(=O)(=O)N(CC)C1CCCCC1. The lowest BCUT2D eigenvalue weighted by Crippen LogP contribution is -2.41. The molecular weight excluding hydrogens is 322 g/mol. The molecule has 124 valence electrons. The average molecular weight is 346 g/mol. The van der Waals surface area contributed by atoms with Crippen LogP contribution >= 0.6 is 11.6 Å². The van der Waals surface area contributed by atoms with Crippen molar-refractivity contribution in [3.05, 3.63) is 23.2 Å². The van der Waals surface area contributed by atoms with Crippen LogP contribution < -0.4 is 4.74 Å². The third-order valence-electron chi connectivity index (χ3n) is 4.09. The topological polar surface area (TPSA) is 46.6 Å². The van der Waals surface area contributed by atoms with Crippen LogP contribution in [0.15, 0.2) is 23.1 Å². The van der Waals surface area contributed by atoms with Crippen LogP contribution in [0.3, 0.4) is 0 Å². The van der Waals surface area contributed by atoms with Crippen LogP contribution in [0.5, 0.6) is 5.75 Å². The van der Waals surface area contributed by atoms with Crippen molar-refractivity contribution in [2.75, 3.05) is 13.2 Å². The largest absolute Gasteiger partial charge is 0.492 e. The van der Waals surface area contributed by atoms with Crippen molar-refractivity contribution in [1.82, 2.24) is 4.31 Å². The first-order valence-corrected chi connectivity index (χ1v) is 9.76. The number of benzene rings is 1. The molecule has 0 radical (unpaired) electrons. The standard InChI is InChI=1S/C16H24ClNO3S/c1-3-18(14-8-6-5-7-9-14)22(19,20)16-12-13(17)10-11-15(16)21-4-2/h10-12,14H,3-9H2,1-2H3. The van der Waals surface area contributed by atoms with E-state index in [0.29, 0.717) is 23.9 Å². The van der Waals surface area contributed by atoms with Crippen LogP contribution in [0.2, 0.25) is 5.02 Å². The Labute approximate surface area is 138 Å². The molecule has 0 unspecified atom stereocenters. The van der Waals surface area contributed by atoms with Crippen molar-refractivity contribution in [3.63, 3.8) is 0 Å². The molecule has 22 heavy (non-hydrogen) atoms. The fraction of sp³-hybridized carbons (Fsp3) is 0.625. The minimum atomic E-state index is -3.60. The first-order chi connectivity index (χ1) is 10.5. The molecule has 4 nitrogen and oxygen atoms in total. The quantitative estimate of drug-likeness (QED) is 0.780. The second kappa shape index (κ2) is 7.66. The number of rotatable bonds is 6. The van der Waals surface area contributed by atoms with Gasteiger partial charge in [0, 0.05) is 17.6 Å². The van der Waals surface area contributed by atoms with Crippen LogP contribution in [0.4, 0.5) is 0 Å². The second-order valence-electron chi connectivity index (χ2n) is 5.52. The molecule has 1 aromatic carbocycles. The van der Waals surface area contributed by atoms with Crippen molar-refractivity contribution in [2.45, 2.75) is 56.9 Å². The Balaban J connectivity index is 2.40. The molecule has 0 atom stereocenters. The summed E-state index contributed by atoms with van der Waals surface area (Å²) in [6.45, 7) is 4.60. The summed E-state index contributed by atoms with van der Waals surface area (Å²) in [7, 11) is -3.60. The van der Waals surface area contributed by atoms with Gasteiger partial charge in [-0.25, -0.2) is 8.42 Å². The van der Waals surface area contributed by atoms with Crippen molar-refractivity contribution in [2.24, 2.45) is 0 Å². The Bertz CT molecular complexity index is 597. The molecule has 0 aromatic heterocycles. The minimum Gasteiger partial charge on any atom is -0.492 e. The number of sulfonamides is 1. The number of hydrogen-bond donors (Lipinski definition) is 0. The predicted octanol–water partition coefficient (Wildman–Crippen LogP) is 4.08. The van der Waals surface area contributed by atoms with E-state index in [1.807, 2.05) is 13.8 Å². The number of hydrogen-bond acceptors (Lipinski definition) is 3. The fourth-order valence-electron chi connectivity index (χ4n) is 3.08. The van der Waals surface area contributed by atoms with Gasteiger partial charge in [0.1, 0.15) is 10.6 Å². The third kappa shape index (κ3) is 3.76. The van der Waals surface area contributed by atoms with Gasteiger partial charge in [-0.15, -0.1) is 0 Å². The molecule has 1 aliphatic rings. The minimum absolute atomic E-state index is 0.0807. The Morgan fingerprint density at radius 2 is 1.91 bits per heavy atom. The van der Waals surface area contributed by atoms with Crippen LogP contribution in [0.25, 0.3) is 0 Å². The zero-order valence-corrected chi connectivity index (χ0v) is 14.8. The van der Waals surface area contributed by atoms with E-state index in [2.05, 4.69) is 0 Å². The maximum atomic E-state index is 13.1. The van der Waals surface area contributed by atoms with Crippen molar-refractivity contribution < 1.29 is 13.2 Å². The molecule has 1 fully saturated rings. The zero-order chi connectivity index (χ0) is 16.2. The van der Waals surface area contributed by atoms with E-state index in [-0.39, 0.29) is 10.9 Å². The maximum absolute atomic E-state index is 13.1. The van der Waals surface area contributed by atoms with E-state index >= 15 is 0 Å². The van der Waals surface area contributed by atoms with E-state index in [0.717, 1.165) is 25.7 Å². The van der Waals surface area contributed by atoms with E-state index in [1.54, 1.807) is 16.4 Å². The van der Waals surface area contributed by atoms with E-state index in [1.165, 1.54) is 12.5 Å². The summed E-state index contributed by atoms with van der Waals surface area (Å²) in [6.07, 6.45) is 5.22. The summed E-state index contributed by atoms with van der Waals surface area (Å²) in [6, 6.07) is 4.86. The smallest absolute Gasteiger partial charge is 0.247 e. The highest BCUT2D eigenvalue weighted by atomic mass is 35.5. The normalized spacial score (nSPS) is 16.9. The molecule has 0 aliphatic heterocycles. The van der Waals surface area contributed by atoms with Gasteiger partial charge in [0.25, 0.3) is 0 Å². The first-order valence-electron chi connectivity index (χ1n) is 7.94. The summed E-state index contributed by atoms with van der Waals surface area (Å²) in [4.78, 5) is 0.175. The van der Waals surface area contributed by atoms with Crippen LogP contribution in [-0.4, -0.2) is 31.9 Å². The third-order valence-corrected chi connectivity index (χ3v) is 6.37. The molecule has 0 spiro atoms. The van der Waals surface area contributed by atoms with Gasteiger partial charge in [-0.05, 0) is 38.0 Å². The van der Waals surface area contributed by atoms with Crippen molar-refractivity contribution in [1.29, 1.82) is 0 Å². The number of ether oxygens (including phenoxy) is 1. The maximum Gasteiger partial charge on any atom is 0.247 e. The lowest BCUT2D eigenvalue weighted by molar-refractivity contribution is 0.259. The van der Waals surface area contributed by atoms with Crippen LogP contribution in [-0.2, 0) is 10.0 Å². The second-order valence-corrected chi connectivity index (χ2v) is 7.82. The lowest BCUT2D eigenvalue weighted by atomic mass is 9.95. The molecule has 2 rings (SSSR count). The van der Waals surface area contributed by atoms with Gasteiger partial charge in [0.2, 0.25) is 10.0 Å². The van der Waals surface area contributed by atoms with Gasteiger partial charge in [-0.2, -0.15) is 4.31 Å². The highest BCUT2D eigenvalue weighted by molar-refractivity contribution is 7.89. The Hall–Kier alpha value is -0.780. The Morgan fingerprint density at radius 3 is 2.50 bits per heavy atom. The molecule has 0 heterocycles. The van der Waals surface area contributed by atoms with E-state index < -0.39 is 10.0 Å². The van der Waals surface area contributed by atoms with Crippen molar-refractivity contribution >= 4 is 21.6 Å². The van der Waals surface area contributed by atoms with Gasteiger partial charge in [0.05, 0.1) is 6.61 Å². The van der Waals surface area contributed by atoms with E-state index in [4.69, 9.17) is 16.3 Å². The van der Waals surface area contributed by atoms with Gasteiger partial charge in [-0.3, -0.25) is 0 Å². The van der Waals surface area contributed by atoms with Crippen molar-refractivity contribution in [3.8, 4) is 5.75 Å². The van der Waals surface area contributed by atoms with E-state index in [9.17, 15) is 8.42 Å². The lowest BCUT2D eigenvalue weighted by Gasteiger charge is -2.33. The average Bonchev–Trinajstić information content (AvgIpc) is 2.51.